The third kappa shape index (κ3) is 2.66. The summed E-state index contributed by atoms with van der Waals surface area (Å²) in [6.07, 6.45) is 3.23. The van der Waals surface area contributed by atoms with Crippen molar-refractivity contribution in [2.45, 2.75) is 31.6 Å². The number of carbonyl (C=O) groups excluding carboxylic acids is 2. The number of hydrogen-bond acceptors (Lipinski definition) is 5. The molecule has 3 aliphatic rings. The van der Waals surface area contributed by atoms with E-state index in [9.17, 15) is 14.9 Å². The number of para-hydroxylation sites is 1. The van der Waals surface area contributed by atoms with Crippen LogP contribution in [0.1, 0.15) is 30.4 Å². The molecule has 0 aromatic heterocycles. The average molecular weight is 437 g/mol. The minimum Gasteiger partial charge on any atom is -0.384 e. The average Bonchev–Trinajstić information content (AvgIpc) is 3.04. The molecule has 1 atom stereocenters. The minimum absolute atomic E-state index is 0.0991. The van der Waals surface area contributed by atoms with Gasteiger partial charge >= 0.3 is 0 Å². The third-order valence-corrected chi connectivity index (χ3v) is 6.75. The quantitative estimate of drug-likeness (QED) is 0.735. The lowest BCUT2D eigenvalue weighted by atomic mass is 9.63. The zero-order valence-corrected chi connectivity index (χ0v) is 18.5. The van der Waals surface area contributed by atoms with E-state index in [4.69, 9.17) is 5.73 Å². The fraction of sp³-hybridized carbons (Fsp3) is 0.222. The van der Waals surface area contributed by atoms with Gasteiger partial charge in [-0.25, -0.2) is 0 Å². The van der Waals surface area contributed by atoms with Crippen molar-refractivity contribution in [1.29, 1.82) is 5.26 Å². The van der Waals surface area contributed by atoms with Crippen LogP contribution in [0.5, 0.6) is 0 Å². The van der Waals surface area contributed by atoms with E-state index in [1.807, 2.05) is 55.5 Å². The molecule has 0 bridgehead atoms. The van der Waals surface area contributed by atoms with Crippen LogP contribution in [0.3, 0.4) is 0 Å². The maximum Gasteiger partial charge on any atom is 0.248 e. The van der Waals surface area contributed by atoms with E-state index >= 15 is 0 Å². The summed E-state index contributed by atoms with van der Waals surface area (Å²) in [4.78, 5) is 31.1. The summed E-state index contributed by atoms with van der Waals surface area (Å²) < 4.78 is 0. The van der Waals surface area contributed by atoms with Gasteiger partial charge in [0.2, 0.25) is 5.91 Å². The minimum atomic E-state index is -1.54. The first-order valence-electron chi connectivity index (χ1n) is 11.0. The largest absolute Gasteiger partial charge is 0.384 e. The molecule has 0 saturated carbocycles. The number of anilines is 2. The van der Waals surface area contributed by atoms with Crippen molar-refractivity contribution in [3.05, 3.63) is 95.0 Å². The van der Waals surface area contributed by atoms with Gasteiger partial charge in [-0.3, -0.25) is 14.5 Å². The zero-order chi connectivity index (χ0) is 23.3. The number of aryl methyl sites for hydroxylation is 1. The molecule has 0 radical (unpaired) electrons. The molecule has 33 heavy (non-hydrogen) atoms. The molecule has 0 unspecified atom stereocenters. The summed E-state index contributed by atoms with van der Waals surface area (Å²) in [5.41, 5.74) is 9.47. The highest BCUT2D eigenvalue weighted by molar-refractivity contribution is 6.20. The van der Waals surface area contributed by atoms with Gasteiger partial charge in [-0.15, -0.1) is 6.58 Å². The van der Waals surface area contributed by atoms with Crippen LogP contribution >= 0.6 is 0 Å². The first kappa shape index (κ1) is 20.8. The van der Waals surface area contributed by atoms with E-state index in [1.165, 1.54) is 0 Å². The highest BCUT2D eigenvalue weighted by Gasteiger charge is 2.62. The highest BCUT2D eigenvalue weighted by Crippen LogP contribution is 2.56. The predicted molar refractivity (Wildman–Crippen MR) is 127 cm³/mol. The summed E-state index contributed by atoms with van der Waals surface area (Å²) in [6, 6.07) is 17.4. The van der Waals surface area contributed by atoms with E-state index in [2.05, 4.69) is 12.6 Å². The fourth-order valence-electron chi connectivity index (χ4n) is 5.50. The summed E-state index contributed by atoms with van der Waals surface area (Å²) in [5, 5.41) is 10.4. The Labute approximate surface area is 192 Å². The van der Waals surface area contributed by atoms with Crippen LogP contribution < -0.4 is 15.5 Å². The van der Waals surface area contributed by atoms with Gasteiger partial charge in [0.1, 0.15) is 17.3 Å². The van der Waals surface area contributed by atoms with Crippen molar-refractivity contribution in [2.24, 2.45) is 5.73 Å². The molecule has 2 heterocycles. The lowest BCUT2D eigenvalue weighted by Crippen LogP contribution is -2.52. The predicted octanol–water partition coefficient (Wildman–Crippen LogP) is 3.99. The van der Waals surface area contributed by atoms with Gasteiger partial charge in [-0.05, 0) is 43.5 Å². The smallest absolute Gasteiger partial charge is 0.248 e. The molecule has 1 spiro atoms. The maximum absolute atomic E-state index is 14.2. The molecule has 1 aliphatic carbocycles. The Kier molecular flexibility index (Phi) is 4.71. The number of hydrogen-bond donors (Lipinski definition) is 1. The normalized spacial score (nSPS) is 21.9. The summed E-state index contributed by atoms with van der Waals surface area (Å²) in [5.74, 6) is -0.243. The first-order valence-corrected chi connectivity index (χ1v) is 11.0. The van der Waals surface area contributed by atoms with E-state index in [1.54, 1.807) is 15.9 Å². The summed E-state index contributed by atoms with van der Waals surface area (Å²) in [6.45, 7) is 6.04. The van der Waals surface area contributed by atoms with Crippen molar-refractivity contribution >= 4 is 23.1 Å². The Morgan fingerprint density at radius 2 is 1.97 bits per heavy atom. The van der Waals surface area contributed by atoms with Crippen LogP contribution in [0.4, 0.5) is 11.4 Å². The van der Waals surface area contributed by atoms with Crippen LogP contribution in [-0.4, -0.2) is 18.2 Å². The molecule has 0 fully saturated rings. The number of nitrogens with two attached hydrogens (primary N) is 1. The molecule has 2 N–H and O–H groups in total. The van der Waals surface area contributed by atoms with Gasteiger partial charge in [0, 0.05) is 41.2 Å². The van der Waals surface area contributed by atoms with Gasteiger partial charge in [0.15, 0.2) is 5.78 Å². The lowest BCUT2D eigenvalue weighted by Gasteiger charge is -2.43. The molecule has 0 saturated heterocycles. The molecule has 164 valence electrons. The molecule has 6 nitrogen and oxygen atoms in total. The number of allylic oxidation sites excluding steroid dienone is 1. The molecule has 5 rings (SSSR count). The van der Waals surface area contributed by atoms with Crippen molar-refractivity contribution in [3.8, 4) is 6.07 Å². The van der Waals surface area contributed by atoms with E-state index in [-0.39, 0.29) is 29.6 Å². The van der Waals surface area contributed by atoms with Crippen LogP contribution in [-0.2, 0) is 15.0 Å². The molecule has 2 aromatic rings. The topological polar surface area (TPSA) is 90.4 Å². The van der Waals surface area contributed by atoms with Gasteiger partial charge in [0.05, 0.1) is 5.57 Å². The number of Topliss-reactive ketones (excluding diaryl/α,β-unsaturated/α-hetero) is 1. The van der Waals surface area contributed by atoms with Crippen LogP contribution in [0.25, 0.3) is 0 Å². The summed E-state index contributed by atoms with van der Waals surface area (Å²) in [7, 11) is 0. The molecule has 2 aromatic carbocycles. The van der Waals surface area contributed by atoms with Crippen molar-refractivity contribution in [2.75, 3.05) is 16.3 Å². The number of benzene rings is 2. The third-order valence-electron chi connectivity index (χ3n) is 6.75. The van der Waals surface area contributed by atoms with Gasteiger partial charge < -0.3 is 10.6 Å². The number of nitriles is 1. The SMILES string of the molecule is C=CCN1C(=O)[C@]2(C(C#N)=C(N)N(c3cccc(C)c3)C3=C2C(=O)CCC3)c2ccccc21. The Morgan fingerprint density at radius 1 is 1.18 bits per heavy atom. The van der Waals surface area contributed by atoms with Crippen LogP contribution in [0.15, 0.2) is 83.9 Å². The monoisotopic (exact) mass is 436 g/mol. The first-order chi connectivity index (χ1) is 16.0. The van der Waals surface area contributed by atoms with E-state index < -0.39 is 5.41 Å². The Balaban J connectivity index is 1.89. The van der Waals surface area contributed by atoms with Crippen LogP contribution in [0.2, 0.25) is 0 Å². The second kappa shape index (κ2) is 7.49. The van der Waals surface area contributed by atoms with Gasteiger partial charge in [-0.2, -0.15) is 5.26 Å². The Hall–Kier alpha value is -4.11. The molecule has 6 heteroatoms. The number of fused-ring (bicyclic) bond motifs is 3. The van der Waals surface area contributed by atoms with E-state index in [0.717, 1.165) is 11.3 Å². The number of nitrogens with zero attached hydrogens (tertiary/aromatic N) is 3. The van der Waals surface area contributed by atoms with E-state index in [0.29, 0.717) is 41.8 Å². The lowest BCUT2D eigenvalue weighted by molar-refractivity contribution is -0.124. The molecule has 1 amide bonds. The highest BCUT2D eigenvalue weighted by atomic mass is 16.2. The fourth-order valence-corrected chi connectivity index (χ4v) is 5.50. The second-order valence-electron chi connectivity index (χ2n) is 8.62. The zero-order valence-electron chi connectivity index (χ0n) is 18.5. The van der Waals surface area contributed by atoms with Crippen molar-refractivity contribution in [3.63, 3.8) is 0 Å². The van der Waals surface area contributed by atoms with Gasteiger partial charge in [0.25, 0.3) is 0 Å². The number of ketones is 1. The molecular formula is C27H24N4O2. The second-order valence-corrected chi connectivity index (χ2v) is 8.62. The number of carbonyl (C=O) groups is 2. The maximum atomic E-state index is 14.2. The Bertz CT molecular complexity index is 1330. The van der Waals surface area contributed by atoms with Crippen LogP contribution in [0, 0.1) is 18.3 Å². The standard InChI is InChI=1S/C27H24N4O2/c1-3-14-30-21-11-5-4-10-19(21)27(26(30)33)20(16-28)25(29)31(18-9-6-8-17(2)15-18)22-12-7-13-23(32)24(22)27/h3-6,8-11,15H,1,7,12-14,29H2,2H3/t27-/m0/s1. The van der Waals surface area contributed by atoms with Crippen molar-refractivity contribution < 1.29 is 9.59 Å². The summed E-state index contributed by atoms with van der Waals surface area (Å²) >= 11 is 0. The number of amides is 1. The molecular weight excluding hydrogens is 412 g/mol. The van der Waals surface area contributed by atoms with Crippen molar-refractivity contribution in [1.82, 2.24) is 0 Å². The van der Waals surface area contributed by atoms with Gasteiger partial charge in [-0.1, -0.05) is 36.4 Å². The number of rotatable bonds is 3. The Morgan fingerprint density at radius 3 is 2.70 bits per heavy atom. The molecule has 2 aliphatic heterocycles.